The van der Waals surface area contributed by atoms with Gasteiger partial charge in [0.05, 0.1) is 0 Å². The third-order valence-corrected chi connectivity index (χ3v) is 3.10. The number of carbonyl (C=O) groups is 1. The van der Waals surface area contributed by atoms with Crippen molar-refractivity contribution in [3.8, 4) is 11.6 Å². The Kier molecular flexibility index (Phi) is 2.26. The summed E-state index contributed by atoms with van der Waals surface area (Å²) < 4.78 is 0. The second kappa shape index (κ2) is 3.69. The summed E-state index contributed by atoms with van der Waals surface area (Å²) in [6, 6.07) is 0. The molecule has 0 atom stereocenters. The second-order valence-electron chi connectivity index (χ2n) is 5.37. The highest BCUT2D eigenvalue weighted by Gasteiger charge is 2.30. The maximum Gasteiger partial charge on any atom is 0.271 e. The van der Waals surface area contributed by atoms with Crippen molar-refractivity contribution in [1.29, 1.82) is 0 Å². The van der Waals surface area contributed by atoms with Gasteiger partial charge in [-0.3, -0.25) is 4.79 Å². The first-order valence-corrected chi connectivity index (χ1v) is 5.92. The Morgan fingerprint density at radius 1 is 1.33 bits per heavy atom. The van der Waals surface area contributed by atoms with Crippen molar-refractivity contribution in [1.82, 2.24) is 25.3 Å². The maximum atomic E-state index is 12.0. The minimum atomic E-state index is -0.121. The van der Waals surface area contributed by atoms with E-state index >= 15 is 0 Å². The van der Waals surface area contributed by atoms with E-state index in [0.29, 0.717) is 23.9 Å². The molecule has 0 saturated heterocycles. The third kappa shape index (κ3) is 1.79. The Morgan fingerprint density at radius 2 is 2.17 bits per heavy atom. The number of nitrogens with one attached hydrogen (secondary N) is 3. The molecule has 3 heterocycles. The Morgan fingerprint density at radius 3 is 2.89 bits per heavy atom. The van der Waals surface area contributed by atoms with Gasteiger partial charge in [-0.1, -0.05) is 13.8 Å². The topological polar surface area (TPSA) is 86.5 Å². The number of rotatable bonds is 1. The summed E-state index contributed by atoms with van der Waals surface area (Å²) in [6.45, 7) is 4.90. The van der Waals surface area contributed by atoms with E-state index in [0.717, 1.165) is 12.1 Å². The molecule has 0 unspecified atom stereocenters. The van der Waals surface area contributed by atoms with Crippen molar-refractivity contribution in [2.45, 2.75) is 20.3 Å². The fourth-order valence-corrected chi connectivity index (χ4v) is 2.18. The monoisotopic (exact) mass is 245 g/mol. The van der Waals surface area contributed by atoms with Gasteiger partial charge in [0.1, 0.15) is 5.69 Å². The van der Waals surface area contributed by atoms with Crippen LogP contribution in [0.5, 0.6) is 0 Å². The summed E-state index contributed by atoms with van der Waals surface area (Å²) in [5, 5.41) is 2.90. The Labute approximate surface area is 104 Å². The Hall–Kier alpha value is -2.11. The predicted molar refractivity (Wildman–Crippen MR) is 66.0 cm³/mol. The summed E-state index contributed by atoms with van der Waals surface area (Å²) in [4.78, 5) is 26.6. The van der Waals surface area contributed by atoms with Crippen LogP contribution >= 0.6 is 0 Å². The van der Waals surface area contributed by atoms with Gasteiger partial charge in [0.15, 0.2) is 11.6 Å². The van der Waals surface area contributed by atoms with Crippen LogP contribution in [0.15, 0.2) is 12.4 Å². The first kappa shape index (κ1) is 11.0. The van der Waals surface area contributed by atoms with Crippen molar-refractivity contribution in [3.63, 3.8) is 0 Å². The molecule has 6 heteroatoms. The molecule has 2 aromatic heterocycles. The molecule has 94 valence electrons. The molecule has 3 rings (SSSR count). The van der Waals surface area contributed by atoms with E-state index in [4.69, 9.17) is 0 Å². The van der Waals surface area contributed by atoms with E-state index < -0.39 is 0 Å². The molecule has 18 heavy (non-hydrogen) atoms. The molecular formula is C12H15N5O. The highest BCUT2D eigenvalue weighted by Crippen LogP contribution is 2.26. The average molecular weight is 245 g/mol. The van der Waals surface area contributed by atoms with Crippen molar-refractivity contribution in [3.05, 3.63) is 23.8 Å². The van der Waals surface area contributed by atoms with E-state index in [1.165, 1.54) is 0 Å². The van der Waals surface area contributed by atoms with Gasteiger partial charge in [0.25, 0.3) is 5.91 Å². The molecule has 0 spiro atoms. The fourth-order valence-electron chi connectivity index (χ4n) is 2.18. The molecular weight excluding hydrogens is 230 g/mol. The molecule has 6 nitrogen and oxygen atoms in total. The molecule has 0 aliphatic carbocycles. The molecule has 1 aliphatic heterocycles. The number of H-pyrrole nitrogens is 2. The standard InChI is InChI=1S/C12H15N5O/c1-12(2)5-7-8(11(18)15-6-12)17-10(16-7)9-13-3-4-14-9/h3-4H,5-6H2,1-2H3,(H,13,14)(H,15,18)(H,16,17). The lowest BCUT2D eigenvalue weighted by atomic mass is 9.88. The van der Waals surface area contributed by atoms with Crippen molar-refractivity contribution in [2.75, 3.05) is 6.54 Å². The van der Waals surface area contributed by atoms with Crippen LogP contribution in [0.3, 0.4) is 0 Å². The highest BCUT2D eigenvalue weighted by atomic mass is 16.1. The molecule has 0 bridgehead atoms. The lowest BCUT2D eigenvalue weighted by Crippen LogP contribution is -2.32. The van der Waals surface area contributed by atoms with Crippen LogP contribution in [0.4, 0.5) is 0 Å². The quantitative estimate of drug-likeness (QED) is 0.703. The Bertz CT molecular complexity index is 582. The molecule has 2 aromatic rings. The molecule has 3 N–H and O–H groups in total. The second-order valence-corrected chi connectivity index (χ2v) is 5.37. The van der Waals surface area contributed by atoms with Crippen LogP contribution in [0.1, 0.15) is 30.0 Å². The van der Waals surface area contributed by atoms with Gasteiger partial charge in [-0.2, -0.15) is 0 Å². The largest absolute Gasteiger partial charge is 0.350 e. The molecule has 0 fully saturated rings. The van der Waals surface area contributed by atoms with Gasteiger partial charge in [0, 0.05) is 24.6 Å². The van der Waals surface area contributed by atoms with Crippen LogP contribution in [0.25, 0.3) is 11.6 Å². The van der Waals surface area contributed by atoms with E-state index in [-0.39, 0.29) is 11.3 Å². The van der Waals surface area contributed by atoms with Crippen LogP contribution in [0.2, 0.25) is 0 Å². The van der Waals surface area contributed by atoms with Gasteiger partial charge < -0.3 is 15.3 Å². The lowest BCUT2D eigenvalue weighted by molar-refractivity contribution is 0.0940. The SMILES string of the molecule is CC1(C)CNC(=O)c2nc(-c3ncc[nH]3)[nH]c2C1. The molecule has 1 aliphatic rings. The molecule has 1 amide bonds. The number of aromatic nitrogens is 4. The zero-order valence-electron chi connectivity index (χ0n) is 10.4. The van der Waals surface area contributed by atoms with Crippen LogP contribution in [-0.4, -0.2) is 32.4 Å². The van der Waals surface area contributed by atoms with Gasteiger partial charge in [-0.05, 0) is 11.8 Å². The van der Waals surface area contributed by atoms with Crippen LogP contribution < -0.4 is 5.32 Å². The first-order chi connectivity index (χ1) is 8.55. The number of fused-ring (bicyclic) bond motifs is 1. The predicted octanol–water partition coefficient (Wildman–Crippen LogP) is 1.11. The molecule has 0 saturated carbocycles. The van der Waals surface area contributed by atoms with Crippen molar-refractivity contribution >= 4 is 5.91 Å². The minimum absolute atomic E-state index is 0.0217. The van der Waals surface area contributed by atoms with Gasteiger partial charge >= 0.3 is 0 Å². The fraction of sp³-hybridized carbons (Fsp3) is 0.417. The van der Waals surface area contributed by atoms with E-state index in [9.17, 15) is 4.79 Å². The average Bonchev–Trinajstić information content (AvgIpc) is 2.91. The maximum absolute atomic E-state index is 12.0. The van der Waals surface area contributed by atoms with E-state index in [1.54, 1.807) is 12.4 Å². The number of hydrogen-bond acceptors (Lipinski definition) is 3. The van der Waals surface area contributed by atoms with Crippen molar-refractivity contribution < 1.29 is 4.79 Å². The zero-order valence-corrected chi connectivity index (χ0v) is 10.4. The van der Waals surface area contributed by atoms with Gasteiger partial charge in [-0.25, -0.2) is 9.97 Å². The molecule has 0 radical (unpaired) electrons. The van der Waals surface area contributed by atoms with Gasteiger partial charge in [0.2, 0.25) is 0 Å². The number of hydrogen-bond donors (Lipinski definition) is 3. The van der Waals surface area contributed by atoms with E-state index in [2.05, 4.69) is 39.1 Å². The number of aromatic amines is 2. The number of amides is 1. The number of imidazole rings is 2. The number of nitrogens with zero attached hydrogens (tertiary/aromatic N) is 2. The summed E-state index contributed by atoms with van der Waals surface area (Å²) in [5.74, 6) is 1.14. The summed E-state index contributed by atoms with van der Waals surface area (Å²) in [7, 11) is 0. The first-order valence-electron chi connectivity index (χ1n) is 5.92. The normalized spacial score (nSPS) is 18.0. The van der Waals surface area contributed by atoms with Crippen molar-refractivity contribution in [2.24, 2.45) is 5.41 Å². The highest BCUT2D eigenvalue weighted by molar-refractivity contribution is 5.94. The minimum Gasteiger partial charge on any atom is -0.350 e. The molecule has 0 aromatic carbocycles. The zero-order chi connectivity index (χ0) is 12.8. The number of carbonyl (C=O) groups excluding carboxylic acids is 1. The summed E-state index contributed by atoms with van der Waals surface area (Å²) >= 11 is 0. The third-order valence-electron chi connectivity index (χ3n) is 3.10. The Balaban J connectivity index is 2.06. The van der Waals surface area contributed by atoms with Gasteiger partial charge in [-0.15, -0.1) is 0 Å². The van der Waals surface area contributed by atoms with Crippen LogP contribution in [-0.2, 0) is 6.42 Å². The smallest absolute Gasteiger partial charge is 0.271 e. The summed E-state index contributed by atoms with van der Waals surface area (Å²) in [6.07, 6.45) is 4.18. The van der Waals surface area contributed by atoms with E-state index in [1.807, 2.05) is 0 Å². The summed E-state index contributed by atoms with van der Waals surface area (Å²) in [5.41, 5.74) is 1.38. The lowest BCUT2D eigenvalue weighted by Gasteiger charge is -2.21. The van der Waals surface area contributed by atoms with Crippen LogP contribution in [0, 0.1) is 5.41 Å².